The summed E-state index contributed by atoms with van der Waals surface area (Å²) in [5, 5.41) is 9.66. The van der Waals surface area contributed by atoms with E-state index in [9.17, 15) is 4.79 Å². The van der Waals surface area contributed by atoms with Gasteiger partial charge in [0.1, 0.15) is 0 Å². The normalized spacial score (nSPS) is 24.7. The Bertz CT molecular complexity index is 947. The highest BCUT2D eigenvalue weighted by Crippen LogP contribution is 2.52. The van der Waals surface area contributed by atoms with Crippen molar-refractivity contribution in [2.24, 2.45) is 17.8 Å². The van der Waals surface area contributed by atoms with Crippen LogP contribution >= 0.6 is 11.8 Å². The van der Waals surface area contributed by atoms with E-state index in [1.165, 1.54) is 37.4 Å². The summed E-state index contributed by atoms with van der Waals surface area (Å²) in [5.41, 5.74) is 0.631. The minimum absolute atomic E-state index is 0.0664. The topological polar surface area (TPSA) is 76.7 Å². The Kier molecular flexibility index (Phi) is 4.62. The first-order chi connectivity index (χ1) is 13.7. The number of nitrogens with one attached hydrogen (secondary N) is 1. The van der Waals surface area contributed by atoms with Gasteiger partial charge in [-0.05, 0) is 68.2 Å². The van der Waals surface area contributed by atoms with Gasteiger partial charge in [-0.2, -0.15) is 0 Å². The number of fused-ring (bicyclic) bond motifs is 2. The Hall–Kier alpha value is -2.28. The number of thioether (sulfide) groups is 1. The summed E-state index contributed by atoms with van der Waals surface area (Å²) in [7, 11) is 0. The van der Waals surface area contributed by atoms with Crippen LogP contribution in [0.3, 0.4) is 0 Å². The van der Waals surface area contributed by atoms with Crippen molar-refractivity contribution in [2.45, 2.75) is 43.8 Å². The average molecular weight is 397 g/mol. The van der Waals surface area contributed by atoms with Crippen molar-refractivity contribution in [1.29, 1.82) is 0 Å². The van der Waals surface area contributed by atoms with Crippen LogP contribution in [0.1, 0.15) is 49.1 Å². The lowest BCUT2D eigenvalue weighted by molar-refractivity contribution is 0.101. The van der Waals surface area contributed by atoms with Crippen molar-refractivity contribution < 1.29 is 9.21 Å². The highest BCUT2D eigenvalue weighted by atomic mass is 32.2. The number of hydrogen-bond acceptors (Lipinski definition) is 5. The van der Waals surface area contributed by atoms with Crippen molar-refractivity contribution in [3.63, 3.8) is 0 Å². The molecule has 5 rings (SSSR count). The third-order valence-electron chi connectivity index (χ3n) is 6.46. The number of carbonyl (C=O) groups excluding carboxylic acids is 1. The summed E-state index contributed by atoms with van der Waals surface area (Å²) in [6, 6.07) is 7.73. The highest BCUT2D eigenvalue weighted by Gasteiger charge is 2.43. The van der Waals surface area contributed by atoms with Gasteiger partial charge >= 0.3 is 0 Å². The summed E-state index contributed by atoms with van der Waals surface area (Å²) in [6.45, 7) is 2.28. The molecule has 28 heavy (non-hydrogen) atoms. The Balaban J connectivity index is 1.43. The van der Waals surface area contributed by atoms with Crippen molar-refractivity contribution in [3.05, 3.63) is 42.4 Å². The molecule has 2 saturated carbocycles. The molecule has 0 saturated heterocycles. The number of aromatic amines is 1. The lowest BCUT2D eigenvalue weighted by Gasteiger charge is -2.30. The highest BCUT2D eigenvalue weighted by molar-refractivity contribution is 7.99. The number of aromatic nitrogens is 4. The van der Waals surface area contributed by atoms with Gasteiger partial charge < -0.3 is 9.40 Å². The second-order valence-electron chi connectivity index (χ2n) is 8.03. The van der Waals surface area contributed by atoms with Crippen molar-refractivity contribution in [2.75, 3.05) is 5.75 Å². The van der Waals surface area contributed by atoms with Gasteiger partial charge in [-0.3, -0.25) is 9.36 Å². The summed E-state index contributed by atoms with van der Waals surface area (Å²) in [6.07, 6.45) is 8.80. The van der Waals surface area contributed by atoms with Crippen LogP contribution in [0.5, 0.6) is 0 Å². The number of H-pyrrole nitrogens is 1. The number of nitrogens with zero attached hydrogens (tertiary/aromatic N) is 3. The monoisotopic (exact) mass is 396 g/mol. The van der Waals surface area contributed by atoms with Crippen molar-refractivity contribution >= 4 is 17.5 Å². The second kappa shape index (κ2) is 7.28. The summed E-state index contributed by atoms with van der Waals surface area (Å²) in [5.74, 6) is 4.20. The molecule has 3 heterocycles. The predicted octanol–water partition coefficient (Wildman–Crippen LogP) is 4.84. The largest absolute Gasteiger partial charge is 0.461 e. The third-order valence-corrected chi connectivity index (χ3v) is 7.40. The molecular weight excluding hydrogens is 372 g/mol. The van der Waals surface area contributed by atoms with Gasteiger partial charge in [-0.15, -0.1) is 10.2 Å². The molecule has 0 aliphatic heterocycles. The molecule has 2 aliphatic carbocycles. The summed E-state index contributed by atoms with van der Waals surface area (Å²) in [4.78, 5) is 15.4. The minimum Gasteiger partial charge on any atom is -0.461 e. The van der Waals surface area contributed by atoms with Gasteiger partial charge in [-0.25, -0.2) is 0 Å². The molecule has 0 amide bonds. The average Bonchev–Trinajstić information content (AvgIpc) is 3.53. The zero-order chi connectivity index (χ0) is 19.1. The number of furan rings is 1. The van der Waals surface area contributed by atoms with E-state index < -0.39 is 0 Å². The molecule has 0 aromatic carbocycles. The van der Waals surface area contributed by atoms with Gasteiger partial charge in [-0.1, -0.05) is 18.2 Å². The number of carbonyl (C=O) groups is 1. The molecule has 3 aromatic rings. The number of rotatable bonds is 7. The SMILES string of the molecule is CC(C1CC2CCC1C2)n1c(SCC(=O)c2ccc[nH]2)nnc1-c1ccco1. The van der Waals surface area contributed by atoms with E-state index in [2.05, 4.69) is 26.7 Å². The first kappa shape index (κ1) is 17.8. The number of ketones is 1. The second-order valence-corrected chi connectivity index (χ2v) is 8.97. The fourth-order valence-corrected chi connectivity index (χ4v) is 6.01. The van der Waals surface area contributed by atoms with E-state index in [1.54, 1.807) is 18.5 Å². The molecular formula is C21H24N4O2S. The Morgan fingerprint density at radius 2 is 2.25 bits per heavy atom. The molecule has 7 heteroatoms. The molecule has 2 aliphatic rings. The van der Waals surface area contributed by atoms with Gasteiger partial charge in [0.2, 0.25) is 5.82 Å². The van der Waals surface area contributed by atoms with Gasteiger partial charge in [0.15, 0.2) is 16.7 Å². The van der Waals surface area contributed by atoms with Gasteiger partial charge in [0, 0.05) is 12.2 Å². The van der Waals surface area contributed by atoms with Gasteiger partial charge in [0.25, 0.3) is 0 Å². The summed E-state index contributed by atoms with van der Waals surface area (Å²) < 4.78 is 7.83. The Morgan fingerprint density at radius 1 is 1.32 bits per heavy atom. The van der Waals surface area contributed by atoms with E-state index in [1.807, 2.05) is 18.2 Å². The first-order valence-corrected chi connectivity index (χ1v) is 11.0. The zero-order valence-corrected chi connectivity index (χ0v) is 16.7. The van der Waals surface area contributed by atoms with Crippen molar-refractivity contribution in [3.8, 4) is 11.6 Å². The van der Waals surface area contributed by atoms with Crippen LogP contribution in [0.2, 0.25) is 0 Å². The molecule has 0 spiro atoms. The molecule has 4 unspecified atom stereocenters. The van der Waals surface area contributed by atoms with Crippen LogP contribution in [-0.4, -0.2) is 31.3 Å². The maximum atomic E-state index is 12.4. The van der Waals surface area contributed by atoms with Crippen LogP contribution in [-0.2, 0) is 0 Å². The smallest absolute Gasteiger partial charge is 0.200 e. The van der Waals surface area contributed by atoms with Crippen LogP contribution in [0.15, 0.2) is 46.3 Å². The molecule has 1 N–H and O–H groups in total. The Morgan fingerprint density at radius 3 is 2.93 bits per heavy atom. The predicted molar refractivity (Wildman–Crippen MR) is 107 cm³/mol. The van der Waals surface area contributed by atoms with Crippen LogP contribution in [0.25, 0.3) is 11.6 Å². The van der Waals surface area contributed by atoms with Crippen LogP contribution in [0.4, 0.5) is 0 Å². The molecule has 4 atom stereocenters. The quantitative estimate of drug-likeness (QED) is 0.457. The molecule has 2 fully saturated rings. The van der Waals surface area contributed by atoms with E-state index >= 15 is 0 Å². The fraction of sp³-hybridized carbons (Fsp3) is 0.476. The van der Waals surface area contributed by atoms with E-state index in [0.717, 1.165) is 28.6 Å². The first-order valence-electron chi connectivity index (χ1n) is 9.99. The molecule has 0 radical (unpaired) electrons. The minimum atomic E-state index is 0.0664. The van der Waals surface area contributed by atoms with Crippen LogP contribution < -0.4 is 0 Å². The molecule has 146 valence electrons. The molecule has 6 nitrogen and oxygen atoms in total. The number of Topliss-reactive ketones (excluding diaryl/α,β-unsaturated/α-hetero) is 1. The maximum Gasteiger partial charge on any atom is 0.200 e. The van der Waals surface area contributed by atoms with Crippen LogP contribution in [0, 0.1) is 17.8 Å². The summed E-state index contributed by atoms with van der Waals surface area (Å²) >= 11 is 1.46. The Labute approximate surface area is 168 Å². The third kappa shape index (κ3) is 3.11. The number of hydrogen-bond donors (Lipinski definition) is 1. The molecule has 2 bridgehead atoms. The fourth-order valence-electron chi connectivity index (χ4n) is 5.10. The lowest BCUT2D eigenvalue weighted by Crippen LogP contribution is -2.23. The zero-order valence-electron chi connectivity index (χ0n) is 15.9. The van der Waals surface area contributed by atoms with Crippen molar-refractivity contribution in [1.82, 2.24) is 19.7 Å². The van der Waals surface area contributed by atoms with Gasteiger partial charge in [0.05, 0.1) is 17.7 Å². The van der Waals surface area contributed by atoms with E-state index in [4.69, 9.17) is 4.42 Å². The maximum absolute atomic E-state index is 12.4. The lowest BCUT2D eigenvalue weighted by atomic mass is 9.84. The molecule has 3 aromatic heterocycles. The van der Waals surface area contributed by atoms with E-state index in [0.29, 0.717) is 17.4 Å². The van der Waals surface area contributed by atoms with E-state index in [-0.39, 0.29) is 11.8 Å². The standard InChI is InChI=1S/C21H24N4O2S/c1-13(16-11-14-6-7-15(16)10-14)25-20(19-5-3-9-27-19)23-24-21(25)28-12-18(26)17-4-2-8-22-17/h2-5,8-9,13-16,22H,6-7,10-12H2,1H3.